The van der Waals surface area contributed by atoms with Crippen molar-refractivity contribution in [2.45, 2.75) is 25.7 Å². The predicted molar refractivity (Wildman–Crippen MR) is 66.3 cm³/mol. The number of rotatable bonds is 3. The Kier molecular flexibility index (Phi) is 3.31. The molecule has 0 amide bonds. The molecule has 0 aromatic heterocycles. The molecule has 2 N–H and O–H groups in total. The summed E-state index contributed by atoms with van der Waals surface area (Å²) in [7, 11) is 0. The first-order valence-corrected chi connectivity index (χ1v) is 6.02. The van der Waals surface area contributed by atoms with Gasteiger partial charge in [0.1, 0.15) is 0 Å². The molecule has 0 radical (unpaired) electrons. The molecule has 2 nitrogen and oxygen atoms in total. The van der Waals surface area contributed by atoms with E-state index in [1.54, 1.807) is 6.07 Å². The molecule has 16 heavy (non-hydrogen) atoms. The van der Waals surface area contributed by atoms with Crippen molar-refractivity contribution in [3.8, 4) is 0 Å². The second-order valence-electron chi connectivity index (χ2n) is 4.50. The van der Waals surface area contributed by atoms with E-state index in [2.05, 4.69) is 0 Å². The van der Waals surface area contributed by atoms with E-state index in [1.807, 2.05) is 18.2 Å². The molecule has 2 rings (SSSR count). The highest BCUT2D eigenvalue weighted by molar-refractivity contribution is 6.34. The fourth-order valence-electron chi connectivity index (χ4n) is 2.49. The average Bonchev–Trinajstić information content (AvgIpc) is 2.78. The monoisotopic (exact) mass is 237 g/mol. The van der Waals surface area contributed by atoms with Gasteiger partial charge in [-0.2, -0.15) is 0 Å². The smallest absolute Gasteiger partial charge is 0.0543 e. The standard InChI is InChI=1S/C13H16ClNO/c14-11-6-2-1-5-10(11)12(15)13(9-16)7-3-4-8-13/h1-2,5-6,15-16H,3-4,7-9H2. The van der Waals surface area contributed by atoms with Crippen molar-refractivity contribution in [3.05, 3.63) is 34.9 Å². The van der Waals surface area contributed by atoms with Gasteiger partial charge in [0.15, 0.2) is 0 Å². The first kappa shape index (κ1) is 11.6. The molecule has 1 aliphatic carbocycles. The van der Waals surface area contributed by atoms with Crippen LogP contribution < -0.4 is 0 Å². The lowest BCUT2D eigenvalue weighted by Crippen LogP contribution is -2.32. The largest absolute Gasteiger partial charge is 0.395 e. The van der Waals surface area contributed by atoms with E-state index in [1.165, 1.54) is 0 Å². The third-order valence-electron chi connectivity index (χ3n) is 3.54. The molecule has 1 fully saturated rings. The molecule has 0 atom stereocenters. The minimum atomic E-state index is -0.356. The Morgan fingerprint density at radius 3 is 2.50 bits per heavy atom. The van der Waals surface area contributed by atoms with Crippen LogP contribution in [0.3, 0.4) is 0 Å². The van der Waals surface area contributed by atoms with Crippen molar-refractivity contribution >= 4 is 17.3 Å². The molecule has 1 saturated carbocycles. The van der Waals surface area contributed by atoms with Crippen LogP contribution in [0.2, 0.25) is 5.02 Å². The van der Waals surface area contributed by atoms with Gasteiger partial charge >= 0.3 is 0 Å². The fraction of sp³-hybridized carbons (Fsp3) is 0.462. The molecule has 0 spiro atoms. The number of halogens is 1. The highest BCUT2D eigenvalue weighted by Gasteiger charge is 2.38. The van der Waals surface area contributed by atoms with Crippen molar-refractivity contribution < 1.29 is 5.11 Å². The summed E-state index contributed by atoms with van der Waals surface area (Å²) in [6.45, 7) is 0.0526. The lowest BCUT2D eigenvalue weighted by molar-refractivity contribution is 0.189. The summed E-state index contributed by atoms with van der Waals surface area (Å²) in [6.07, 6.45) is 3.97. The van der Waals surface area contributed by atoms with Gasteiger partial charge in [0.05, 0.1) is 6.61 Å². The number of hydrogen-bond acceptors (Lipinski definition) is 2. The Morgan fingerprint density at radius 1 is 1.31 bits per heavy atom. The van der Waals surface area contributed by atoms with Crippen LogP contribution >= 0.6 is 11.6 Å². The van der Waals surface area contributed by atoms with E-state index in [0.717, 1.165) is 31.2 Å². The van der Waals surface area contributed by atoms with Crippen LogP contribution in [-0.4, -0.2) is 17.4 Å². The zero-order valence-electron chi connectivity index (χ0n) is 9.17. The molecular formula is C13H16ClNO. The summed E-state index contributed by atoms with van der Waals surface area (Å²) < 4.78 is 0. The molecule has 86 valence electrons. The Balaban J connectivity index is 2.34. The van der Waals surface area contributed by atoms with Gasteiger partial charge in [-0.15, -0.1) is 0 Å². The topological polar surface area (TPSA) is 44.1 Å². The Labute approximate surface area is 101 Å². The second-order valence-corrected chi connectivity index (χ2v) is 4.91. The van der Waals surface area contributed by atoms with E-state index in [4.69, 9.17) is 17.0 Å². The lowest BCUT2D eigenvalue weighted by Gasteiger charge is -2.28. The van der Waals surface area contributed by atoms with E-state index in [0.29, 0.717) is 10.7 Å². The van der Waals surface area contributed by atoms with Crippen molar-refractivity contribution in [2.75, 3.05) is 6.61 Å². The maximum Gasteiger partial charge on any atom is 0.0543 e. The van der Waals surface area contributed by atoms with Crippen molar-refractivity contribution in [3.63, 3.8) is 0 Å². The third-order valence-corrected chi connectivity index (χ3v) is 3.87. The van der Waals surface area contributed by atoms with Crippen LogP contribution in [0.1, 0.15) is 31.2 Å². The van der Waals surface area contributed by atoms with Crippen molar-refractivity contribution in [1.29, 1.82) is 5.41 Å². The molecule has 1 aliphatic rings. The Morgan fingerprint density at radius 2 is 1.94 bits per heavy atom. The average molecular weight is 238 g/mol. The number of aliphatic hydroxyl groups excluding tert-OH is 1. The van der Waals surface area contributed by atoms with Crippen LogP contribution in [0.5, 0.6) is 0 Å². The molecule has 0 heterocycles. The van der Waals surface area contributed by atoms with Gasteiger partial charge in [0.2, 0.25) is 0 Å². The third kappa shape index (κ3) is 1.87. The van der Waals surface area contributed by atoms with Crippen LogP contribution in [0.4, 0.5) is 0 Å². The van der Waals surface area contributed by atoms with Crippen LogP contribution in [-0.2, 0) is 0 Å². The zero-order valence-corrected chi connectivity index (χ0v) is 9.93. The highest BCUT2D eigenvalue weighted by atomic mass is 35.5. The van der Waals surface area contributed by atoms with Crippen LogP contribution in [0.15, 0.2) is 24.3 Å². The summed E-state index contributed by atoms with van der Waals surface area (Å²) in [6, 6.07) is 7.40. The normalized spacial score (nSPS) is 18.6. The summed E-state index contributed by atoms with van der Waals surface area (Å²) in [5.74, 6) is 0. The van der Waals surface area contributed by atoms with E-state index >= 15 is 0 Å². The fourth-order valence-corrected chi connectivity index (χ4v) is 2.72. The Hall–Kier alpha value is -0.860. The van der Waals surface area contributed by atoms with Gasteiger partial charge in [-0.05, 0) is 18.9 Å². The van der Waals surface area contributed by atoms with E-state index in [9.17, 15) is 5.11 Å². The predicted octanol–water partition coefficient (Wildman–Crippen LogP) is 3.26. The molecule has 0 aliphatic heterocycles. The lowest BCUT2D eigenvalue weighted by atomic mass is 9.79. The number of aliphatic hydroxyl groups is 1. The second kappa shape index (κ2) is 4.56. The first-order chi connectivity index (χ1) is 7.69. The summed E-state index contributed by atoms with van der Waals surface area (Å²) >= 11 is 6.09. The minimum absolute atomic E-state index is 0.0526. The van der Waals surface area contributed by atoms with Crippen LogP contribution in [0.25, 0.3) is 0 Å². The van der Waals surface area contributed by atoms with E-state index in [-0.39, 0.29) is 12.0 Å². The molecule has 0 saturated heterocycles. The highest BCUT2D eigenvalue weighted by Crippen LogP contribution is 2.41. The van der Waals surface area contributed by atoms with Crippen LogP contribution in [0, 0.1) is 10.8 Å². The number of nitrogens with one attached hydrogen (secondary N) is 1. The SMILES string of the molecule is N=C(c1ccccc1Cl)C1(CO)CCCC1. The van der Waals surface area contributed by atoms with Gasteiger partial charge in [-0.3, -0.25) is 0 Å². The van der Waals surface area contributed by atoms with Gasteiger partial charge in [0.25, 0.3) is 0 Å². The molecular weight excluding hydrogens is 222 g/mol. The van der Waals surface area contributed by atoms with E-state index < -0.39 is 0 Å². The number of benzene rings is 1. The minimum Gasteiger partial charge on any atom is -0.395 e. The first-order valence-electron chi connectivity index (χ1n) is 5.64. The van der Waals surface area contributed by atoms with Crippen molar-refractivity contribution in [2.24, 2.45) is 5.41 Å². The van der Waals surface area contributed by atoms with Gasteiger partial charge in [-0.1, -0.05) is 42.6 Å². The molecule has 3 heteroatoms. The molecule has 1 aromatic rings. The van der Waals surface area contributed by atoms with Gasteiger partial charge in [-0.25, -0.2) is 0 Å². The van der Waals surface area contributed by atoms with Crippen molar-refractivity contribution in [1.82, 2.24) is 0 Å². The molecule has 0 unspecified atom stereocenters. The molecule has 0 bridgehead atoms. The zero-order chi connectivity index (χ0) is 11.6. The van der Waals surface area contributed by atoms with Gasteiger partial charge < -0.3 is 10.5 Å². The van der Waals surface area contributed by atoms with Gasteiger partial charge in [0, 0.05) is 21.7 Å². The number of hydrogen-bond donors (Lipinski definition) is 2. The summed E-state index contributed by atoms with van der Waals surface area (Å²) in [5.41, 5.74) is 0.906. The maximum atomic E-state index is 9.56. The quantitative estimate of drug-likeness (QED) is 0.779. The Bertz CT molecular complexity index is 397. The summed E-state index contributed by atoms with van der Waals surface area (Å²) in [4.78, 5) is 0. The maximum absolute atomic E-state index is 9.56. The molecule has 1 aromatic carbocycles. The summed E-state index contributed by atoms with van der Waals surface area (Å²) in [5, 5.41) is 18.4.